The Morgan fingerprint density at radius 2 is 1.65 bits per heavy atom. The molecule has 0 aliphatic rings. The van der Waals surface area contributed by atoms with Gasteiger partial charge in [-0.3, -0.25) is 4.79 Å². The van der Waals surface area contributed by atoms with Gasteiger partial charge in [0.1, 0.15) is 5.75 Å². The van der Waals surface area contributed by atoms with Crippen molar-refractivity contribution < 1.29 is 17.9 Å². The molecule has 0 aromatic heterocycles. The van der Waals surface area contributed by atoms with Gasteiger partial charge in [-0.15, -0.1) is 0 Å². The fraction of sp³-hybridized carbons (Fsp3) is 0.188. The van der Waals surface area contributed by atoms with Gasteiger partial charge in [-0.25, -0.2) is 8.42 Å². The molecule has 0 unspecified atom stereocenters. The Morgan fingerprint density at radius 1 is 1.04 bits per heavy atom. The molecule has 122 valence electrons. The maximum Gasteiger partial charge on any atom is 0.312 e. The van der Waals surface area contributed by atoms with E-state index in [0.717, 1.165) is 0 Å². The number of hydrogen-bond acceptors (Lipinski definition) is 4. The first-order chi connectivity index (χ1) is 10.8. The van der Waals surface area contributed by atoms with Crippen LogP contribution in [0.25, 0.3) is 0 Å². The Kier molecular flexibility index (Phi) is 5.68. The van der Waals surface area contributed by atoms with E-state index in [-0.39, 0.29) is 17.1 Å². The molecule has 2 aromatic carbocycles. The summed E-state index contributed by atoms with van der Waals surface area (Å²) in [5, 5.41) is 0.981. The molecule has 7 heteroatoms. The van der Waals surface area contributed by atoms with E-state index in [4.69, 9.17) is 27.9 Å². The number of esters is 1. The van der Waals surface area contributed by atoms with Crippen LogP contribution >= 0.6 is 23.2 Å². The van der Waals surface area contributed by atoms with Crippen LogP contribution in [0, 0.1) is 6.92 Å². The number of carbonyl (C=O) groups is 1. The SMILES string of the molecule is Cc1cc(Cl)ccc1OC(=O)CCS(=O)(=O)c1ccc(Cl)cc1. The molecule has 2 aromatic rings. The average Bonchev–Trinajstić information content (AvgIpc) is 2.49. The van der Waals surface area contributed by atoms with Gasteiger partial charge in [0.2, 0.25) is 0 Å². The maximum absolute atomic E-state index is 12.1. The summed E-state index contributed by atoms with van der Waals surface area (Å²) < 4.78 is 29.5. The third kappa shape index (κ3) is 4.96. The van der Waals surface area contributed by atoms with Crippen molar-refractivity contribution in [2.75, 3.05) is 5.75 Å². The second-order valence-electron chi connectivity index (χ2n) is 4.91. The summed E-state index contributed by atoms with van der Waals surface area (Å²) in [5.74, 6) is -0.587. The van der Waals surface area contributed by atoms with E-state index in [1.54, 1.807) is 25.1 Å². The summed E-state index contributed by atoms with van der Waals surface area (Å²) in [7, 11) is -3.56. The van der Waals surface area contributed by atoms with Gasteiger partial charge < -0.3 is 4.74 Å². The molecule has 0 amide bonds. The van der Waals surface area contributed by atoms with Crippen molar-refractivity contribution in [1.29, 1.82) is 0 Å². The van der Waals surface area contributed by atoms with Gasteiger partial charge in [0.15, 0.2) is 9.84 Å². The van der Waals surface area contributed by atoms with Crippen LogP contribution < -0.4 is 4.74 Å². The van der Waals surface area contributed by atoms with Crippen molar-refractivity contribution >= 4 is 39.0 Å². The van der Waals surface area contributed by atoms with Crippen LogP contribution in [0.3, 0.4) is 0 Å². The van der Waals surface area contributed by atoms with Crippen molar-refractivity contribution in [3.8, 4) is 5.75 Å². The maximum atomic E-state index is 12.1. The molecule has 0 aliphatic heterocycles. The zero-order valence-electron chi connectivity index (χ0n) is 12.3. The number of halogens is 2. The molecule has 0 aliphatic carbocycles. The van der Waals surface area contributed by atoms with E-state index < -0.39 is 15.8 Å². The minimum absolute atomic E-state index is 0.123. The highest BCUT2D eigenvalue weighted by atomic mass is 35.5. The molecule has 0 atom stereocenters. The van der Waals surface area contributed by atoms with Crippen LogP contribution in [0.5, 0.6) is 5.75 Å². The smallest absolute Gasteiger partial charge is 0.312 e. The van der Waals surface area contributed by atoms with Gasteiger partial charge >= 0.3 is 5.97 Å². The van der Waals surface area contributed by atoms with Gasteiger partial charge in [-0.2, -0.15) is 0 Å². The molecule has 0 heterocycles. The van der Waals surface area contributed by atoms with Crippen LogP contribution in [0.1, 0.15) is 12.0 Å². The first-order valence-corrected chi connectivity index (χ1v) is 9.14. The number of rotatable bonds is 5. The summed E-state index contributed by atoms with van der Waals surface area (Å²) in [6.07, 6.45) is -0.243. The largest absolute Gasteiger partial charge is 0.426 e. The molecule has 0 saturated carbocycles. The monoisotopic (exact) mass is 372 g/mol. The van der Waals surface area contributed by atoms with Crippen molar-refractivity contribution in [1.82, 2.24) is 0 Å². The highest BCUT2D eigenvalue weighted by Gasteiger charge is 2.18. The standard InChI is InChI=1S/C16H14Cl2O4S/c1-11-10-13(18)4-7-15(11)22-16(19)8-9-23(20,21)14-5-2-12(17)3-6-14/h2-7,10H,8-9H2,1H3. The Bertz CT molecular complexity index is 814. The predicted molar refractivity (Wildman–Crippen MR) is 89.9 cm³/mol. The zero-order chi connectivity index (χ0) is 17.0. The molecule has 23 heavy (non-hydrogen) atoms. The van der Waals surface area contributed by atoms with Gasteiger partial charge in [0, 0.05) is 10.0 Å². The fourth-order valence-electron chi connectivity index (χ4n) is 1.88. The zero-order valence-corrected chi connectivity index (χ0v) is 14.6. The Labute approximate surface area is 144 Å². The summed E-state index contributed by atoms with van der Waals surface area (Å²) >= 11 is 11.6. The molecule has 0 bridgehead atoms. The minimum Gasteiger partial charge on any atom is -0.426 e. The van der Waals surface area contributed by atoms with Crippen LogP contribution in [-0.4, -0.2) is 20.1 Å². The lowest BCUT2D eigenvalue weighted by molar-refractivity contribution is -0.133. The first kappa shape index (κ1) is 17.8. The second-order valence-corrected chi connectivity index (χ2v) is 7.89. The van der Waals surface area contributed by atoms with E-state index in [2.05, 4.69) is 0 Å². The number of carbonyl (C=O) groups excluding carboxylic acids is 1. The van der Waals surface area contributed by atoms with E-state index in [1.165, 1.54) is 24.3 Å². The van der Waals surface area contributed by atoms with Crippen LogP contribution in [-0.2, 0) is 14.6 Å². The van der Waals surface area contributed by atoms with Gasteiger partial charge in [-0.05, 0) is 55.0 Å². The van der Waals surface area contributed by atoms with E-state index in [9.17, 15) is 13.2 Å². The van der Waals surface area contributed by atoms with Gasteiger partial charge in [-0.1, -0.05) is 23.2 Å². The molecule has 0 N–H and O–H groups in total. The highest BCUT2D eigenvalue weighted by Crippen LogP contribution is 2.22. The lowest BCUT2D eigenvalue weighted by Crippen LogP contribution is -2.16. The average molecular weight is 373 g/mol. The van der Waals surface area contributed by atoms with Crippen LogP contribution in [0.2, 0.25) is 10.0 Å². The Hall–Kier alpha value is -1.56. The molecule has 4 nitrogen and oxygen atoms in total. The quantitative estimate of drug-likeness (QED) is 0.586. The van der Waals surface area contributed by atoms with Crippen molar-refractivity contribution in [2.24, 2.45) is 0 Å². The van der Waals surface area contributed by atoms with E-state index >= 15 is 0 Å². The molecule has 0 radical (unpaired) electrons. The predicted octanol–water partition coefficient (Wildman–Crippen LogP) is 4.07. The number of sulfone groups is 1. The Morgan fingerprint density at radius 3 is 2.26 bits per heavy atom. The topological polar surface area (TPSA) is 60.4 Å². The summed E-state index contributed by atoms with van der Waals surface area (Å²) in [5.41, 5.74) is 0.700. The third-order valence-electron chi connectivity index (χ3n) is 3.11. The molecule has 2 rings (SSSR count). The van der Waals surface area contributed by atoms with Crippen LogP contribution in [0.4, 0.5) is 0 Å². The molecular formula is C16H14Cl2O4S. The first-order valence-electron chi connectivity index (χ1n) is 6.73. The Balaban J connectivity index is 1.99. The lowest BCUT2D eigenvalue weighted by atomic mass is 10.2. The number of ether oxygens (including phenoxy) is 1. The molecule has 0 spiro atoms. The molecule has 0 saturated heterocycles. The lowest BCUT2D eigenvalue weighted by Gasteiger charge is -2.08. The molecular weight excluding hydrogens is 359 g/mol. The van der Waals surface area contributed by atoms with Crippen LogP contribution in [0.15, 0.2) is 47.4 Å². The second kappa shape index (κ2) is 7.34. The van der Waals surface area contributed by atoms with Gasteiger partial charge in [0.05, 0.1) is 17.1 Å². The van der Waals surface area contributed by atoms with Crippen molar-refractivity contribution in [2.45, 2.75) is 18.2 Å². The fourth-order valence-corrected chi connectivity index (χ4v) is 3.45. The molecule has 0 fully saturated rings. The summed E-state index contributed by atoms with van der Waals surface area (Å²) in [4.78, 5) is 12.0. The third-order valence-corrected chi connectivity index (χ3v) is 5.33. The van der Waals surface area contributed by atoms with E-state index in [0.29, 0.717) is 21.4 Å². The minimum atomic E-state index is -3.56. The normalized spacial score (nSPS) is 11.3. The number of aryl methyl sites for hydroxylation is 1. The van der Waals surface area contributed by atoms with Crippen molar-refractivity contribution in [3.63, 3.8) is 0 Å². The summed E-state index contributed by atoms with van der Waals surface area (Å²) in [6, 6.07) is 10.6. The van der Waals surface area contributed by atoms with E-state index in [1.807, 2.05) is 0 Å². The highest BCUT2D eigenvalue weighted by molar-refractivity contribution is 7.91. The van der Waals surface area contributed by atoms with Gasteiger partial charge in [0.25, 0.3) is 0 Å². The number of hydrogen-bond donors (Lipinski definition) is 0. The summed E-state index contributed by atoms with van der Waals surface area (Å²) in [6.45, 7) is 1.75. The number of benzene rings is 2. The van der Waals surface area contributed by atoms with Crippen molar-refractivity contribution in [3.05, 3.63) is 58.1 Å².